The zero-order valence-electron chi connectivity index (χ0n) is 9.15. The van der Waals surface area contributed by atoms with Crippen LogP contribution >= 0.6 is 0 Å². The molecule has 0 bridgehead atoms. The van der Waals surface area contributed by atoms with Gasteiger partial charge in [-0.15, -0.1) is 0 Å². The van der Waals surface area contributed by atoms with E-state index in [0.29, 0.717) is 6.07 Å². The maximum absolute atomic E-state index is 13.2. The lowest BCUT2D eigenvalue weighted by Gasteiger charge is -2.08. The van der Waals surface area contributed by atoms with Gasteiger partial charge in [0.05, 0.1) is 6.10 Å². The number of rotatable bonds is 5. The number of aliphatic hydroxyl groups excluding tert-OH is 1. The summed E-state index contributed by atoms with van der Waals surface area (Å²) in [5.74, 6) is -1.99. The molecule has 0 heterocycles. The van der Waals surface area contributed by atoms with E-state index in [1.54, 1.807) is 0 Å². The molecule has 17 heavy (non-hydrogen) atoms. The molecule has 0 amide bonds. The van der Waals surface area contributed by atoms with Crippen LogP contribution in [0.2, 0.25) is 0 Å². The average molecular weight is 265 g/mol. The van der Waals surface area contributed by atoms with Crippen LogP contribution < -0.4 is 4.72 Å². The maximum Gasteiger partial charge on any atom is 0.243 e. The van der Waals surface area contributed by atoms with Gasteiger partial charge in [-0.3, -0.25) is 0 Å². The van der Waals surface area contributed by atoms with Crippen molar-refractivity contribution in [3.05, 3.63) is 29.8 Å². The summed E-state index contributed by atoms with van der Waals surface area (Å²) in [6.45, 7) is 1.49. The van der Waals surface area contributed by atoms with Crippen LogP contribution in [0.3, 0.4) is 0 Å². The molecule has 0 aliphatic heterocycles. The second-order valence-electron chi connectivity index (χ2n) is 3.61. The molecule has 4 nitrogen and oxygen atoms in total. The van der Waals surface area contributed by atoms with E-state index in [0.717, 1.165) is 12.1 Å². The van der Waals surface area contributed by atoms with Gasteiger partial charge in [0.25, 0.3) is 0 Å². The molecular formula is C10H13F2NO3S. The number of nitrogens with one attached hydrogen (secondary N) is 1. The Kier molecular flexibility index (Phi) is 4.55. The molecule has 7 heteroatoms. The fraction of sp³-hybridized carbons (Fsp3) is 0.400. The Balaban J connectivity index is 2.83. The number of aliphatic hydroxyl groups is 1. The van der Waals surface area contributed by atoms with Gasteiger partial charge in [-0.2, -0.15) is 0 Å². The maximum atomic E-state index is 13.2. The minimum atomic E-state index is -4.01. The first kappa shape index (κ1) is 14.0. The molecule has 1 atom stereocenters. The third-order valence-electron chi connectivity index (χ3n) is 2.04. The molecule has 96 valence electrons. The number of halogens is 2. The molecule has 0 radical (unpaired) electrons. The Morgan fingerprint density at radius 1 is 1.41 bits per heavy atom. The summed E-state index contributed by atoms with van der Waals surface area (Å²) in [4.78, 5) is -0.607. The van der Waals surface area contributed by atoms with Gasteiger partial charge in [0.1, 0.15) is 16.5 Å². The van der Waals surface area contributed by atoms with Crippen LogP contribution in [0.15, 0.2) is 23.1 Å². The molecule has 0 aromatic heterocycles. The summed E-state index contributed by atoms with van der Waals surface area (Å²) < 4.78 is 51.1. The summed E-state index contributed by atoms with van der Waals surface area (Å²) in [7, 11) is -4.01. The second kappa shape index (κ2) is 5.52. The van der Waals surface area contributed by atoms with E-state index < -0.39 is 32.7 Å². The molecule has 0 saturated carbocycles. The predicted octanol–water partition coefficient (Wildman–Crippen LogP) is 1.01. The van der Waals surface area contributed by atoms with E-state index in [-0.39, 0.29) is 13.0 Å². The van der Waals surface area contributed by atoms with Crippen molar-refractivity contribution in [2.75, 3.05) is 6.54 Å². The zero-order valence-corrected chi connectivity index (χ0v) is 9.97. The second-order valence-corrected chi connectivity index (χ2v) is 5.35. The summed E-state index contributed by atoms with van der Waals surface area (Å²) in [6, 6.07) is 2.23. The third kappa shape index (κ3) is 4.03. The molecular weight excluding hydrogens is 252 g/mol. The molecule has 0 aliphatic carbocycles. The summed E-state index contributed by atoms with van der Waals surface area (Å²) in [6.07, 6.45) is -0.446. The van der Waals surface area contributed by atoms with E-state index in [1.165, 1.54) is 6.92 Å². The lowest BCUT2D eigenvalue weighted by molar-refractivity contribution is 0.186. The first-order valence-corrected chi connectivity index (χ1v) is 6.44. The topological polar surface area (TPSA) is 66.4 Å². The van der Waals surface area contributed by atoms with Gasteiger partial charge in [-0.25, -0.2) is 21.9 Å². The van der Waals surface area contributed by atoms with Crippen LogP contribution in [0.1, 0.15) is 13.3 Å². The highest BCUT2D eigenvalue weighted by Crippen LogP contribution is 2.15. The van der Waals surface area contributed by atoms with Gasteiger partial charge in [0.15, 0.2) is 0 Å². The fourth-order valence-electron chi connectivity index (χ4n) is 1.17. The Morgan fingerprint density at radius 3 is 2.59 bits per heavy atom. The lowest BCUT2D eigenvalue weighted by atomic mass is 10.3. The fourth-order valence-corrected chi connectivity index (χ4v) is 2.28. The number of hydrogen-bond acceptors (Lipinski definition) is 3. The van der Waals surface area contributed by atoms with Crippen LogP contribution in [0, 0.1) is 11.6 Å². The molecule has 0 fully saturated rings. The standard InChI is InChI=1S/C10H13F2NO3S/c1-7(14)4-5-13-17(15,16)10-3-2-8(11)6-9(10)12/h2-3,6-7,13-14H,4-5H2,1H3. The van der Waals surface area contributed by atoms with E-state index in [1.807, 2.05) is 0 Å². The zero-order chi connectivity index (χ0) is 13.1. The van der Waals surface area contributed by atoms with Crippen molar-refractivity contribution >= 4 is 10.0 Å². The Morgan fingerprint density at radius 2 is 2.06 bits per heavy atom. The first-order valence-electron chi connectivity index (χ1n) is 4.95. The van der Waals surface area contributed by atoms with Gasteiger partial charge in [-0.1, -0.05) is 0 Å². The van der Waals surface area contributed by atoms with Gasteiger partial charge >= 0.3 is 0 Å². The van der Waals surface area contributed by atoms with E-state index >= 15 is 0 Å². The molecule has 0 spiro atoms. The molecule has 0 saturated heterocycles. The van der Waals surface area contributed by atoms with E-state index in [4.69, 9.17) is 5.11 Å². The monoisotopic (exact) mass is 265 g/mol. The van der Waals surface area contributed by atoms with Crippen LogP contribution in [0.25, 0.3) is 0 Å². The predicted molar refractivity (Wildman–Crippen MR) is 57.8 cm³/mol. The first-order chi connectivity index (χ1) is 7.83. The van der Waals surface area contributed by atoms with Crippen molar-refractivity contribution in [1.29, 1.82) is 0 Å². The normalized spacial score (nSPS) is 13.6. The van der Waals surface area contributed by atoms with Crippen LogP contribution in [0.5, 0.6) is 0 Å². The summed E-state index contributed by atoms with van der Waals surface area (Å²) >= 11 is 0. The molecule has 1 rings (SSSR count). The minimum absolute atomic E-state index is 0.0170. The smallest absolute Gasteiger partial charge is 0.243 e. The van der Waals surface area contributed by atoms with Crippen LogP contribution in [-0.4, -0.2) is 26.2 Å². The van der Waals surface area contributed by atoms with Gasteiger partial charge in [0.2, 0.25) is 10.0 Å². The van der Waals surface area contributed by atoms with Crippen LogP contribution in [-0.2, 0) is 10.0 Å². The highest BCUT2D eigenvalue weighted by Gasteiger charge is 2.18. The summed E-state index contributed by atoms with van der Waals surface area (Å²) in [5.41, 5.74) is 0. The Labute approximate surface area is 98.3 Å². The molecule has 2 N–H and O–H groups in total. The van der Waals surface area contributed by atoms with Gasteiger partial charge in [-0.05, 0) is 25.5 Å². The average Bonchev–Trinajstić information content (AvgIpc) is 2.15. The number of sulfonamides is 1. The number of hydrogen-bond donors (Lipinski definition) is 2. The van der Waals surface area contributed by atoms with E-state index in [9.17, 15) is 17.2 Å². The van der Waals surface area contributed by atoms with Crippen molar-refractivity contribution in [1.82, 2.24) is 4.72 Å². The molecule has 1 aromatic rings. The van der Waals surface area contributed by atoms with Crippen molar-refractivity contribution < 1.29 is 22.3 Å². The molecule has 1 aromatic carbocycles. The van der Waals surface area contributed by atoms with Crippen molar-refractivity contribution in [3.63, 3.8) is 0 Å². The number of benzene rings is 1. The SMILES string of the molecule is CC(O)CCNS(=O)(=O)c1ccc(F)cc1F. The highest BCUT2D eigenvalue weighted by atomic mass is 32.2. The Bertz CT molecular complexity index is 488. The minimum Gasteiger partial charge on any atom is -0.393 e. The summed E-state index contributed by atoms with van der Waals surface area (Å²) in [5, 5.41) is 8.95. The van der Waals surface area contributed by atoms with Crippen LogP contribution in [0.4, 0.5) is 8.78 Å². The molecule has 0 aliphatic rings. The Hall–Kier alpha value is -1.05. The quantitative estimate of drug-likeness (QED) is 0.835. The highest BCUT2D eigenvalue weighted by molar-refractivity contribution is 7.89. The lowest BCUT2D eigenvalue weighted by Crippen LogP contribution is -2.27. The van der Waals surface area contributed by atoms with Crippen molar-refractivity contribution in [2.24, 2.45) is 0 Å². The van der Waals surface area contributed by atoms with Crippen molar-refractivity contribution in [2.45, 2.75) is 24.3 Å². The van der Waals surface area contributed by atoms with E-state index in [2.05, 4.69) is 4.72 Å². The van der Waals surface area contributed by atoms with Crippen molar-refractivity contribution in [3.8, 4) is 0 Å². The van der Waals surface area contributed by atoms with Gasteiger partial charge < -0.3 is 5.11 Å². The third-order valence-corrected chi connectivity index (χ3v) is 3.53. The molecule has 1 unspecified atom stereocenters. The van der Waals surface area contributed by atoms with Gasteiger partial charge in [0, 0.05) is 12.6 Å². The largest absolute Gasteiger partial charge is 0.393 e.